The van der Waals surface area contributed by atoms with Gasteiger partial charge in [-0.25, -0.2) is 9.97 Å². The summed E-state index contributed by atoms with van der Waals surface area (Å²) in [6.45, 7) is 3.89. The van der Waals surface area contributed by atoms with Gasteiger partial charge < -0.3 is 15.3 Å². The van der Waals surface area contributed by atoms with Gasteiger partial charge in [0, 0.05) is 38.1 Å². The average molecular weight is 355 g/mol. The zero-order valence-corrected chi connectivity index (χ0v) is 14.2. The van der Waals surface area contributed by atoms with Crippen LogP contribution in [0.2, 0.25) is 0 Å². The van der Waals surface area contributed by atoms with E-state index in [9.17, 15) is 9.90 Å². The summed E-state index contributed by atoms with van der Waals surface area (Å²) in [5, 5.41) is 16.3. The standard InChI is InChI=1S/C17H17N5O2S/c23-13-2-1-5-19-15(13)16(24)21-17-20-12-10-11(3-4-14(12)25-17)22-8-6-18-7-9-22/h1-5,10,18,23H,6-9H2,(H,20,21,24). The Bertz CT molecular complexity index is 920. The molecular formula is C17H17N5O2S. The number of benzene rings is 1. The van der Waals surface area contributed by atoms with Crippen LogP contribution in [0.1, 0.15) is 10.5 Å². The smallest absolute Gasteiger partial charge is 0.279 e. The Kier molecular flexibility index (Phi) is 4.21. The van der Waals surface area contributed by atoms with E-state index in [2.05, 4.69) is 31.6 Å². The summed E-state index contributed by atoms with van der Waals surface area (Å²) in [7, 11) is 0. The summed E-state index contributed by atoms with van der Waals surface area (Å²) in [4.78, 5) is 23.0. The van der Waals surface area contributed by atoms with Gasteiger partial charge >= 0.3 is 0 Å². The molecule has 7 nitrogen and oxygen atoms in total. The molecule has 0 unspecified atom stereocenters. The SMILES string of the molecule is O=C(Nc1nc2cc(N3CCNCC3)ccc2s1)c1ncccc1O. The summed E-state index contributed by atoms with van der Waals surface area (Å²) in [5.74, 6) is -0.624. The number of rotatable bonds is 3. The number of nitrogens with one attached hydrogen (secondary N) is 2. The Hall–Kier alpha value is -2.71. The lowest BCUT2D eigenvalue weighted by atomic mass is 10.2. The number of amides is 1. The Morgan fingerprint density at radius 3 is 2.92 bits per heavy atom. The van der Waals surface area contributed by atoms with Crippen LogP contribution < -0.4 is 15.5 Å². The molecule has 0 spiro atoms. The minimum Gasteiger partial charge on any atom is -0.505 e. The van der Waals surface area contributed by atoms with E-state index in [1.165, 1.54) is 23.6 Å². The van der Waals surface area contributed by atoms with E-state index in [4.69, 9.17) is 0 Å². The maximum Gasteiger partial charge on any atom is 0.279 e. The lowest BCUT2D eigenvalue weighted by Gasteiger charge is -2.29. The summed E-state index contributed by atoms with van der Waals surface area (Å²) < 4.78 is 0.999. The molecule has 0 atom stereocenters. The molecule has 1 aliphatic rings. The van der Waals surface area contributed by atoms with Crippen LogP contribution in [0.3, 0.4) is 0 Å². The van der Waals surface area contributed by atoms with Gasteiger partial charge in [-0.3, -0.25) is 10.1 Å². The first-order chi connectivity index (χ1) is 12.2. The third kappa shape index (κ3) is 3.26. The topological polar surface area (TPSA) is 90.4 Å². The Morgan fingerprint density at radius 1 is 1.28 bits per heavy atom. The highest BCUT2D eigenvalue weighted by atomic mass is 32.1. The first kappa shape index (κ1) is 15.8. The van der Waals surface area contributed by atoms with Gasteiger partial charge in [0.1, 0.15) is 5.75 Å². The van der Waals surface area contributed by atoms with Crippen molar-refractivity contribution in [3.05, 3.63) is 42.2 Å². The molecule has 1 amide bonds. The van der Waals surface area contributed by atoms with Gasteiger partial charge in [-0.1, -0.05) is 11.3 Å². The molecular weight excluding hydrogens is 338 g/mol. The van der Waals surface area contributed by atoms with Crippen LogP contribution in [0.4, 0.5) is 10.8 Å². The maximum atomic E-state index is 12.2. The molecule has 3 aromatic rings. The lowest BCUT2D eigenvalue weighted by molar-refractivity contribution is 0.101. The molecule has 3 heterocycles. The number of pyridine rings is 1. The molecule has 1 saturated heterocycles. The van der Waals surface area contributed by atoms with E-state index < -0.39 is 5.91 Å². The van der Waals surface area contributed by atoms with Crippen molar-refractivity contribution in [3.8, 4) is 5.75 Å². The van der Waals surface area contributed by atoms with Crippen LogP contribution in [-0.2, 0) is 0 Å². The Morgan fingerprint density at radius 2 is 2.12 bits per heavy atom. The molecule has 1 fully saturated rings. The van der Waals surface area contributed by atoms with Gasteiger partial charge in [0.25, 0.3) is 5.91 Å². The largest absolute Gasteiger partial charge is 0.505 e. The van der Waals surface area contributed by atoms with Crippen molar-refractivity contribution in [2.24, 2.45) is 0 Å². The van der Waals surface area contributed by atoms with Crippen LogP contribution >= 0.6 is 11.3 Å². The zero-order chi connectivity index (χ0) is 17.2. The summed E-state index contributed by atoms with van der Waals surface area (Å²) in [6.07, 6.45) is 1.47. The molecule has 8 heteroatoms. The van der Waals surface area contributed by atoms with Crippen molar-refractivity contribution in [3.63, 3.8) is 0 Å². The van der Waals surface area contributed by atoms with Gasteiger partial charge in [0.15, 0.2) is 10.8 Å². The van der Waals surface area contributed by atoms with E-state index in [1.807, 2.05) is 12.1 Å². The number of carbonyl (C=O) groups is 1. The fourth-order valence-corrected chi connectivity index (χ4v) is 3.66. The lowest BCUT2D eigenvalue weighted by Crippen LogP contribution is -2.43. The zero-order valence-electron chi connectivity index (χ0n) is 13.4. The fraction of sp³-hybridized carbons (Fsp3) is 0.235. The highest BCUT2D eigenvalue weighted by Crippen LogP contribution is 2.30. The van der Waals surface area contributed by atoms with Crippen LogP contribution in [0.5, 0.6) is 5.75 Å². The summed E-state index contributed by atoms with van der Waals surface area (Å²) in [5.41, 5.74) is 1.98. The molecule has 4 rings (SSSR count). The molecule has 3 N–H and O–H groups in total. The number of hydrogen-bond acceptors (Lipinski definition) is 7. The number of thiazole rings is 1. The molecule has 1 aliphatic heterocycles. The number of fused-ring (bicyclic) bond motifs is 1. The van der Waals surface area contributed by atoms with Gasteiger partial charge in [-0.2, -0.15) is 0 Å². The van der Waals surface area contributed by atoms with E-state index in [0.717, 1.165) is 42.1 Å². The predicted octanol–water partition coefficient (Wildman–Crippen LogP) is 2.06. The second-order valence-electron chi connectivity index (χ2n) is 5.73. The molecule has 2 aromatic heterocycles. The number of nitrogens with zero attached hydrogens (tertiary/aromatic N) is 3. The number of aromatic hydroxyl groups is 1. The van der Waals surface area contributed by atoms with Crippen molar-refractivity contribution < 1.29 is 9.90 Å². The second-order valence-corrected chi connectivity index (χ2v) is 6.76. The average Bonchev–Trinajstić information content (AvgIpc) is 3.04. The Labute approximate surface area is 148 Å². The van der Waals surface area contributed by atoms with E-state index in [-0.39, 0.29) is 11.4 Å². The highest BCUT2D eigenvalue weighted by Gasteiger charge is 2.16. The van der Waals surface area contributed by atoms with Gasteiger partial charge in [0.2, 0.25) is 0 Å². The van der Waals surface area contributed by atoms with Crippen LogP contribution in [0.25, 0.3) is 10.2 Å². The molecule has 0 bridgehead atoms. The van der Waals surface area contributed by atoms with Crippen molar-refractivity contribution in [1.29, 1.82) is 0 Å². The first-order valence-corrected chi connectivity index (χ1v) is 8.84. The minimum atomic E-state index is -0.473. The van der Waals surface area contributed by atoms with Crippen LogP contribution in [-0.4, -0.2) is 47.2 Å². The van der Waals surface area contributed by atoms with Crippen molar-refractivity contribution in [2.75, 3.05) is 36.4 Å². The summed E-state index contributed by atoms with van der Waals surface area (Å²) in [6, 6.07) is 9.16. The molecule has 25 heavy (non-hydrogen) atoms. The van der Waals surface area contributed by atoms with Crippen LogP contribution in [0.15, 0.2) is 36.5 Å². The monoisotopic (exact) mass is 355 g/mol. The molecule has 128 valence electrons. The van der Waals surface area contributed by atoms with Gasteiger partial charge in [-0.15, -0.1) is 0 Å². The normalized spacial score (nSPS) is 14.6. The van der Waals surface area contributed by atoms with Gasteiger partial charge in [0.05, 0.1) is 10.2 Å². The highest BCUT2D eigenvalue weighted by molar-refractivity contribution is 7.22. The molecule has 0 aliphatic carbocycles. The quantitative estimate of drug-likeness (QED) is 0.666. The number of piperazine rings is 1. The van der Waals surface area contributed by atoms with E-state index in [1.54, 1.807) is 6.07 Å². The fourth-order valence-electron chi connectivity index (χ4n) is 2.82. The van der Waals surface area contributed by atoms with Crippen LogP contribution in [0, 0.1) is 0 Å². The minimum absolute atomic E-state index is 0.0109. The first-order valence-electron chi connectivity index (χ1n) is 8.02. The number of aromatic nitrogens is 2. The van der Waals surface area contributed by atoms with E-state index >= 15 is 0 Å². The maximum absolute atomic E-state index is 12.2. The molecule has 0 saturated carbocycles. The van der Waals surface area contributed by atoms with E-state index in [0.29, 0.717) is 5.13 Å². The number of carbonyl (C=O) groups excluding carboxylic acids is 1. The van der Waals surface area contributed by atoms with Crippen molar-refractivity contribution in [1.82, 2.24) is 15.3 Å². The number of hydrogen-bond donors (Lipinski definition) is 3. The number of anilines is 2. The van der Waals surface area contributed by atoms with Crippen molar-refractivity contribution in [2.45, 2.75) is 0 Å². The molecule has 1 aromatic carbocycles. The predicted molar refractivity (Wildman–Crippen MR) is 98.6 cm³/mol. The third-order valence-electron chi connectivity index (χ3n) is 4.08. The Balaban J connectivity index is 1.56. The second kappa shape index (κ2) is 6.66. The van der Waals surface area contributed by atoms with Gasteiger partial charge in [-0.05, 0) is 30.3 Å². The third-order valence-corrected chi connectivity index (χ3v) is 5.03. The van der Waals surface area contributed by atoms with Crippen molar-refractivity contribution >= 4 is 38.3 Å². The summed E-state index contributed by atoms with van der Waals surface area (Å²) >= 11 is 1.40. The molecule has 0 radical (unpaired) electrons.